The summed E-state index contributed by atoms with van der Waals surface area (Å²) in [5, 5.41) is 16.3. The SMILES string of the molecule is O=C1NC(=O)C(Cc2cnn3c(NC4CC4)cc(N4CCNCC4)nc23)N1. The lowest BCUT2D eigenvalue weighted by molar-refractivity contribution is -0.120. The van der Waals surface area contributed by atoms with Crippen molar-refractivity contribution in [2.24, 2.45) is 0 Å². The number of fused-ring (bicyclic) bond motifs is 1. The summed E-state index contributed by atoms with van der Waals surface area (Å²) in [6, 6.07) is 1.50. The van der Waals surface area contributed by atoms with E-state index < -0.39 is 12.1 Å². The maximum absolute atomic E-state index is 11.9. The summed E-state index contributed by atoms with van der Waals surface area (Å²) in [6.45, 7) is 3.66. The highest BCUT2D eigenvalue weighted by atomic mass is 16.2. The van der Waals surface area contributed by atoms with E-state index in [1.165, 1.54) is 0 Å². The number of carbonyl (C=O) groups is 2. The van der Waals surface area contributed by atoms with E-state index in [2.05, 4.69) is 37.3 Å². The number of anilines is 2. The number of amides is 3. The first-order chi connectivity index (χ1) is 13.2. The number of hydrogen-bond acceptors (Lipinski definition) is 7. The van der Waals surface area contributed by atoms with Gasteiger partial charge in [0.1, 0.15) is 17.7 Å². The minimum absolute atomic E-state index is 0.311. The molecule has 1 unspecified atom stereocenters. The second-order valence-corrected chi connectivity index (χ2v) is 7.28. The minimum Gasteiger partial charge on any atom is -0.367 e. The molecule has 0 spiro atoms. The van der Waals surface area contributed by atoms with Crippen molar-refractivity contribution in [2.45, 2.75) is 31.3 Å². The molecular formula is C17H22N8O2. The van der Waals surface area contributed by atoms with Crippen LogP contribution in [0.2, 0.25) is 0 Å². The van der Waals surface area contributed by atoms with Gasteiger partial charge in [0, 0.05) is 50.3 Å². The van der Waals surface area contributed by atoms with Crippen LogP contribution in [-0.2, 0) is 11.2 Å². The van der Waals surface area contributed by atoms with Gasteiger partial charge in [-0.25, -0.2) is 9.78 Å². The quantitative estimate of drug-likeness (QED) is 0.523. The average Bonchev–Trinajstić information content (AvgIpc) is 3.31. The summed E-state index contributed by atoms with van der Waals surface area (Å²) in [6.07, 6.45) is 4.42. The molecule has 2 aromatic rings. The van der Waals surface area contributed by atoms with E-state index >= 15 is 0 Å². The lowest BCUT2D eigenvalue weighted by atomic mass is 10.1. The summed E-state index contributed by atoms with van der Waals surface area (Å²) in [5.41, 5.74) is 1.57. The second kappa shape index (κ2) is 6.38. The topological polar surface area (TPSA) is 116 Å². The fraction of sp³-hybridized carbons (Fsp3) is 0.529. The molecule has 2 saturated heterocycles. The molecule has 4 heterocycles. The Morgan fingerprint density at radius 2 is 2.04 bits per heavy atom. The fourth-order valence-electron chi connectivity index (χ4n) is 3.56. The van der Waals surface area contributed by atoms with Gasteiger partial charge in [-0.1, -0.05) is 0 Å². The van der Waals surface area contributed by atoms with Crippen LogP contribution >= 0.6 is 0 Å². The van der Waals surface area contributed by atoms with Crippen LogP contribution in [0.5, 0.6) is 0 Å². The van der Waals surface area contributed by atoms with Crippen molar-refractivity contribution in [3.8, 4) is 0 Å². The molecular weight excluding hydrogens is 348 g/mol. The Labute approximate surface area is 155 Å². The zero-order chi connectivity index (χ0) is 18.4. The summed E-state index contributed by atoms with van der Waals surface area (Å²) in [5.74, 6) is 1.52. The van der Waals surface area contributed by atoms with E-state index in [4.69, 9.17) is 4.98 Å². The van der Waals surface area contributed by atoms with Crippen LogP contribution in [-0.4, -0.2) is 64.8 Å². The lowest BCUT2D eigenvalue weighted by Gasteiger charge is -2.29. The van der Waals surface area contributed by atoms with Gasteiger partial charge in [0.05, 0.1) is 6.20 Å². The molecule has 1 aliphatic carbocycles. The first-order valence-corrected chi connectivity index (χ1v) is 9.38. The van der Waals surface area contributed by atoms with E-state index in [0.717, 1.165) is 61.9 Å². The van der Waals surface area contributed by atoms with Crippen molar-refractivity contribution < 1.29 is 9.59 Å². The maximum atomic E-state index is 11.9. The van der Waals surface area contributed by atoms with Gasteiger partial charge in [0.15, 0.2) is 5.65 Å². The van der Waals surface area contributed by atoms with Crippen LogP contribution in [0.15, 0.2) is 12.3 Å². The molecule has 10 nitrogen and oxygen atoms in total. The largest absolute Gasteiger partial charge is 0.367 e. The van der Waals surface area contributed by atoms with Crippen LogP contribution in [0.3, 0.4) is 0 Å². The van der Waals surface area contributed by atoms with Gasteiger partial charge < -0.3 is 20.9 Å². The molecule has 2 aliphatic heterocycles. The Morgan fingerprint density at radius 3 is 2.74 bits per heavy atom. The Balaban J connectivity index is 1.51. The van der Waals surface area contributed by atoms with Crippen LogP contribution in [0.25, 0.3) is 5.65 Å². The van der Waals surface area contributed by atoms with E-state index in [1.54, 1.807) is 10.7 Å². The van der Waals surface area contributed by atoms with Crippen molar-refractivity contribution in [3.63, 3.8) is 0 Å². The molecule has 4 N–H and O–H groups in total. The monoisotopic (exact) mass is 370 g/mol. The third-order valence-electron chi connectivity index (χ3n) is 5.18. The Morgan fingerprint density at radius 1 is 1.22 bits per heavy atom. The molecule has 0 aromatic carbocycles. The van der Waals surface area contributed by atoms with Gasteiger partial charge >= 0.3 is 6.03 Å². The molecule has 3 aliphatic rings. The predicted molar refractivity (Wildman–Crippen MR) is 98.9 cm³/mol. The van der Waals surface area contributed by atoms with Crippen LogP contribution < -0.4 is 26.2 Å². The molecule has 3 fully saturated rings. The summed E-state index contributed by atoms with van der Waals surface area (Å²) < 4.78 is 1.80. The van der Waals surface area contributed by atoms with Crippen molar-refractivity contribution >= 4 is 29.2 Å². The highest BCUT2D eigenvalue weighted by Crippen LogP contribution is 2.28. The Bertz CT molecular complexity index is 900. The molecule has 1 atom stereocenters. The molecule has 1 saturated carbocycles. The zero-order valence-electron chi connectivity index (χ0n) is 14.9. The van der Waals surface area contributed by atoms with Crippen molar-refractivity contribution in [2.75, 3.05) is 36.4 Å². The zero-order valence-corrected chi connectivity index (χ0v) is 14.9. The van der Waals surface area contributed by atoms with Crippen molar-refractivity contribution in [1.29, 1.82) is 0 Å². The molecule has 0 radical (unpaired) electrons. The van der Waals surface area contributed by atoms with E-state index in [1.807, 2.05) is 0 Å². The van der Waals surface area contributed by atoms with Gasteiger partial charge in [0.25, 0.3) is 5.91 Å². The van der Waals surface area contributed by atoms with Crippen molar-refractivity contribution in [3.05, 3.63) is 17.8 Å². The van der Waals surface area contributed by atoms with Crippen molar-refractivity contribution in [1.82, 2.24) is 30.5 Å². The standard InChI is InChI=1S/C17H22N8O2/c26-16-12(21-17(27)23-16)7-10-9-19-25-14(20-11-1-2-11)8-13(22-15(10)25)24-5-3-18-4-6-24/h8-9,11-12,18,20H,1-7H2,(H2,21,23,26,27). The number of nitrogens with zero attached hydrogens (tertiary/aromatic N) is 4. The molecule has 0 bridgehead atoms. The molecule has 142 valence electrons. The summed E-state index contributed by atoms with van der Waals surface area (Å²) >= 11 is 0. The Kier molecular flexibility index (Phi) is 3.85. The Hall–Kier alpha value is -2.88. The third kappa shape index (κ3) is 3.16. The number of piperazine rings is 1. The molecule has 2 aromatic heterocycles. The molecule has 5 rings (SSSR count). The van der Waals surface area contributed by atoms with Gasteiger partial charge in [-0.3, -0.25) is 10.1 Å². The maximum Gasteiger partial charge on any atom is 0.322 e. The first kappa shape index (κ1) is 16.3. The average molecular weight is 370 g/mol. The molecule has 10 heteroatoms. The van der Waals surface area contributed by atoms with Crippen LogP contribution in [0.1, 0.15) is 18.4 Å². The summed E-state index contributed by atoms with van der Waals surface area (Å²) in [4.78, 5) is 30.4. The smallest absolute Gasteiger partial charge is 0.322 e. The predicted octanol–water partition coefficient (Wildman–Crippen LogP) is -0.536. The minimum atomic E-state index is -0.588. The normalized spacial score (nSPS) is 22.8. The number of nitrogens with one attached hydrogen (secondary N) is 4. The fourth-order valence-corrected chi connectivity index (χ4v) is 3.56. The highest BCUT2D eigenvalue weighted by molar-refractivity contribution is 6.04. The number of rotatable bonds is 5. The number of hydrogen-bond donors (Lipinski definition) is 4. The number of urea groups is 1. The lowest BCUT2D eigenvalue weighted by Crippen LogP contribution is -2.44. The van der Waals surface area contributed by atoms with E-state index in [-0.39, 0.29) is 5.91 Å². The van der Waals surface area contributed by atoms with Gasteiger partial charge in [-0.05, 0) is 12.8 Å². The van der Waals surface area contributed by atoms with Crippen LogP contribution in [0, 0.1) is 0 Å². The highest BCUT2D eigenvalue weighted by Gasteiger charge is 2.31. The molecule has 3 amide bonds. The van der Waals surface area contributed by atoms with Gasteiger partial charge in [-0.2, -0.15) is 9.61 Å². The summed E-state index contributed by atoms with van der Waals surface area (Å²) in [7, 11) is 0. The second-order valence-electron chi connectivity index (χ2n) is 7.28. The number of carbonyl (C=O) groups excluding carboxylic acids is 2. The van der Waals surface area contributed by atoms with Gasteiger partial charge in [-0.15, -0.1) is 0 Å². The first-order valence-electron chi connectivity index (χ1n) is 9.38. The van der Waals surface area contributed by atoms with Gasteiger partial charge in [0.2, 0.25) is 0 Å². The third-order valence-corrected chi connectivity index (χ3v) is 5.18. The number of imide groups is 1. The number of aromatic nitrogens is 3. The van der Waals surface area contributed by atoms with Crippen LogP contribution in [0.4, 0.5) is 16.4 Å². The van der Waals surface area contributed by atoms with E-state index in [9.17, 15) is 9.59 Å². The van der Waals surface area contributed by atoms with E-state index in [0.29, 0.717) is 12.5 Å². The molecule has 27 heavy (non-hydrogen) atoms.